The summed E-state index contributed by atoms with van der Waals surface area (Å²) in [4.78, 5) is 33.2. The lowest BCUT2D eigenvalue weighted by Crippen LogP contribution is -2.37. The normalized spacial score (nSPS) is 11.9. The second kappa shape index (κ2) is 8.90. The fraction of sp³-hybridized carbons (Fsp3) is 0.222. The Kier molecular flexibility index (Phi) is 6.01. The van der Waals surface area contributed by atoms with E-state index in [1.807, 2.05) is 88.4 Å². The molecule has 1 heterocycles. The zero-order valence-corrected chi connectivity index (χ0v) is 19.6. The number of amides is 2. The van der Waals surface area contributed by atoms with Gasteiger partial charge in [-0.2, -0.15) is 0 Å². The van der Waals surface area contributed by atoms with E-state index in [-0.39, 0.29) is 11.6 Å². The Bertz CT molecular complexity index is 1390. The van der Waals surface area contributed by atoms with Gasteiger partial charge in [-0.15, -0.1) is 0 Å². The number of aromatic nitrogens is 2. The summed E-state index contributed by atoms with van der Waals surface area (Å²) >= 11 is 0. The molecule has 1 atom stereocenters. The number of carbonyl (C=O) groups excluding carboxylic acids is 1. The summed E-state index contributed by atoms with van der Waals surface area (Å²) in [5, 5.41) is 3.56. The van der Waals surface area contributed by atoms with Crippen LogP contribution in [0.1, 0.15) is 35.5 Å². The Morgan fingerprint density at radius 2 is 1.52 bits per heavy atom. The van der Waals surface area contributed by atoms with Gasteiger partial charge in [-0.1, -0.05) is 48.5 Å². The van der Waals surface area contributed by atoms with E-state index in [1.165, 1.54) is 0 Å². The number of hydrogen-bond acceptors (Lipinski definition) is 3. The van der Waals surface area contributed by atoms with Gasteiger partial charge in [0.15, 0.2) is 0 Å². The second-order valence-electron chi connectivity index (χ2n) is 8.40. The number of rotatable bonds is 4. The minimum atomic E-state index is -0.466. The molecule has 168 valence electrons. The number of benzene rings is 3. The molecule has 33 heavy (non-hydrogen) atoms. The number of fused-ring (bicyclic) bond motifs is 1. The first kappa shape index (κ1) is 22.3. The number of para-hydroxylation sites is 3. The molecule has 0 aliphatic rings. The first-order chi connectivity index (χ1) is 15.8. The predicted molar refractivity (Wildman–Crippen MR) is 133 cm³/mol. The van der Waals surface area contributed by atoms with Crippen molar-refractivity contribution in [3.8, 4) is 5.69 Å². The zero-order chi connectivity index (χ0) is 23.7. The minimum Gasteiger partial charge on any atom is -0.318 e. The highest BCUT2D eigenvalue weighted by Gasteiger charge is 2.25. The van der Waals surface area contributed by atoms with Gasteiger partial charge >= 0.3 is 6.03 Å². The molecule has 0 fully saturated rings. The Balaban J connectivity index is 1.81. The molecule has 4 rings (SSSR count). The first-order valence-corrected chi connectivity index (χ1v) is 11.0. The summed E-state index contributed by atoms with van der Waals surface area (Å²) < 4.78 is 1.63. The van der Waals surface area contributed by atoms with Crippen LogP contribution in [0.25, 0.3) is 16.6 Å². The molecule has 4 aromatic rings. The smallest absolute Gasteiger partial charge is 0.318 e. The van der Waals surface area contributed by atoms with Crippen LogP contribution in [0.5, 0.6) is 0 Å². The topological polar surface area (TPSA) is 67.2 Å². The van der Waals surface area contributed by atoms with E-state index >= 15 is 0 Å². The largest absolute Gasteiger partial charge is 0.322 e. The average Bonchev–Trinajstić information content (AvgIpc) is 2.81. The maximum atomic E-state index is 13.6. The number of aryl methyl sites for hydroxylation is 3. The van der Waals surface area contributed by atoms with Crippen molar-refractivity contribution in [3.05, 3.63) is 99.6 Å². The van der Waals surface area contributed by atoms with E-state index in [1.54, 1.807) is 22.6 Å². The van der Waals surface area contributed by atoms with Gasteiger partial charge in [0, 0.05) is 12.7 Å². The van der Waals surface area contributed by atoms with Crippen LogP contribution < -0.4 is 10.9 Å². The highest BCUT2D eigenvalue weighted by molar-refractivity contribution is 5.91. The van der Waals surface area contributed by atoms with Crippen LogP contribution in [0.2, 0.25) is 0 Å². The molecule has 0 spiro atoms. The van der Waals surface area contributed by atoms with E-state index in [2.05, 4.69) is 5.32 Å². The highest BCUT2D eigenvalue weighted by Crippen LogP contribution is 2.25. The van der Waals surface area contributed by atoms with Gasteiger partial charge in [-0.05, 0) is 62.6 Å². The van der Waals surface area contributed by atoms with Crippen molar-refractivity contribution >= 4 is 22.6 Å². The van der Waals surface area contributed by atoms with Gasteiger partial charge < -0.3 is 10.2 Å². The molecule has 0 saturated heterocycles. The fourth-order valence-electron chi connectivity index (χ4n) is 4.03. The molecule has 0 aliphatic carbocycles. The van der Waals surface area contributed by atoms with Gasteiger partial charge in [0.05, 0.1) is 22.6 Å². The maximum absolute atomic E-state index is 13.6. The zero-order valence-electron chi connectivity index (χ0n) is 19.6. The molecule has 1 N–H and O–H groups in total. The Hall–Kier alpha value is -3.93. The SMILES string of the molecule is Cc1ccccc1-n1c(C(C)N(C)C(=O)Nc2c(C)cccc2C)nc2ccccc2c1=O. The summed E-state index contributed by atoms with van der Waals surface area (Å²) in [5.41, 5.74) is 4.94. The Morgan fingerprint density at radius 1 is 0.909 bits per heavy atom. The second-order valence-corrected chi connectivity index (χ2v) is 8.40. The van der Waals surface area contributed by atoms with E-state index in [9.17, 15) is 9.59 Å². The van der Waals surface area contributed by atoms with Gasteiger partial charge in [0.25, 0.3) is 5.56 Å². The molecule has 1 aromatic heterocycles. The molecule has 6 nitrogen and oxygen atoms in total. The predicted octanol–water partition coefficient (Wildman–Crippen LogP) is 5.54. The van der Waals surface area contributed by atoms with Crippen molar-refractivity contribution in [2.75, 3.05) is 12.4 Å². The molecule has 0 aliphatic heterocycles. The van der Waals surface area contributed by atoms with Gasteiger partial charge in [0.2, 0.25) is 0 Å². The standard InChI is InChI=1S/C27H28N4O2/c1-17-11-6-9-16-23(17)31-25(28-22-15-8-7-14-21(22)26(31)32)20(4)30(5)27(33)29-24-18(2)12-10-13-19(24)3/h6-16,20H,1-5H3,(H,29,33). The Morgan fingerprint density at radius 3 is 2.21 bits per heavy atom. The van der Waals surface area contributed by atoms with Crippen molar-refractivity contribution < 1.29 is 4.79 Å². The summed E-state index contributed by atoms with van der Waals surface area (Å²) in [6.07, 6.45) is 0. The molecule has 0 saturated carbocycles. The van der Waals surface area contributed by atoms with Crippen molar-refractivity contribution in [1.82, 2.24) is 14.5 Å². The van der Waals surface area contributed by atoms with Crippen LogP contribution in [0.4, 0.5) is 10.5 Å². The van der Waals surface area contributed by atoms with E-state index < -0.39 is 6.04 Å². The van der Waals surface area contributed by atoms with E-state index in [0.717, 1.165) is 28.1 Å². The summed E-state index contributed by atoms with van der Waals surface area (Å²) in [7, 11) is 1.72. The third-order valence-corrected chi connectivity index (χ3v) is 6.15. The molecule has 2 amide bonds. The lowest BCUT2D eigenvalue weighted by molar-refractivity contribution is 0.205. The van der Waals surface area contributed by atoms with Crippen LogP contribution in [-0.4, -0.2) is 27.5 Å². The third kappa shape index (κ3) is 4.12. The highest BCUT2D eigenvalue weighted by atomic mass is 16.2. The monoisotopic (exact) mass is 440 g/mol. The van der Waals surface area contributed by atoms with Crippen molar-refractivity contribution in [2.45, 2.75) is 33.7 Å². The molecule has 6 heteroatoms. The van der Waals surface area contributed by atoms with Gasteiger partial charge in [-0.25, -0.2) is 9.78 Å². The molecular weight excluding hydrogens is 412 g/mol. The van der Waals surface area contributed by atoms with Crippen LogP contribution in [0.15, 0.2) is 71.5 Å². The lowest BCUT2D eigenvalue weighted by atomic mass is 10.1. The van der Waals surface area contributed by atoms with Crippen molar-refractivity contribution in [2.24, 2.45) is 0 Å². The number of hydrogen-bond donors (Lipinski definition) is 1. The van der Waals surface area contributed by atoms with E-state index in [4.69, 9.17) is 4.98 Å². The fourth-order valence-corrected chi connectivity index (χ4v) is 4.03. The summed E-state index contributed by atoms with van der Waals surface area (Å²) in [6, 6.07) is 20.2. The molecular formula is C27H28N4O2. The number of anilines is 1. The van der Waals surface area contributed by atoms with Crippen LogP contribution in [0.3, 0.4) is 0 Å². The van der Waals surface area contributed by atoms with Gasteiger partial charge in [-0.3, -0.25) is 9.36 Å². The lowest BCUT2D eigenvalue weighted by Gasteiger charge is -2.28. The van der Waals surface area contributed by atoms with Crippen LogP contribution in [-0.2, 0) is 0 Å². The quantitative estimate of drug-likeness (QED) is 0.453. The maximum Gasteiger partial charge on any atom is 0.322 e. The van der Waals surface area contributed by atoms with Crippen molar-refractivity contribution in [1.29, 1.82) is 0 Å². The third-order valence-electron chi connectivity index (χ3n) is 6.15. The van der Waals surface area contributed by atoms with Crippen LogP contribution in [0, 0.1) is 20.8 Å². The molecule has 0 radical (unpaired) electrons. The number of carbonyl (C=O) groups is 1. The first-order valence-electron chi connectivity index (χ1n) is 11.0. The summed E-state index contributed by atoms with van der Waals surface area (Å²) in [5.74, 6) is 0.507. The van der Waals surface area contributed by atoms with Crippen LogP contribution >= 0.6 is 0 Å². The number of nitrogens with zero attached hydrogens (tertiary/aromatic N) is 3. The molecule has 0 bridgehead atoms. The molecule has 3 aromatic carbocycles. The van der Waals surface area contributed by atoms with E-state index in [0.29, 0.717) is 16.7 Å². The number of urea groups is 1. The average molecular weight is 441 g/mol. The number of nitrogens with one attached hydrogen (secondary N) is 1. The minimum absolute atomic E-state index is 0.152. The van der Waals surface area contributed by atoms with Crippen molar-refractivity contribution in [3.63, 3.8) is 0 Å². The van der Waals surface area contributed by atoms with Gasteiger partial charge in [0.1, 0.15) is 5.82 Å². The molecule has 1 unspecified atom stereocenters. The summed E-state index contributed by atoms with van der Waals surface area (Å²) in [6.45, 7) is 7.78. The Labute approximate surface area is 193 Å².